The van der Waals surface area contributed by atoms with E-state index >= 15 is 0 Å². The van der Waals surface area contributed by atoms with Gasteiger partial charge in [-0.05, 0) is 44.9 Å². The Morgan fingerprint density at radius 2 is 1.86 bits per heavy atom. The lowest BCUT2D eigenvalue weighted by Gasteiger charge is -2.39. The average molecular weight is 401 g/mol. The van der Waals surface area contributed by atoms with E-state index in [1.54, 1.807) is 0 Å². The van der Waals surface area contributed by atoms with Gasteiger partial charge in [-0.25, -0.2) is 9.97 Å². The van der Waals surface area contributed by atoms with Crippen molar-refractivity contribution in [1.82, 2.24) is 15.3 Å². The number of anilines is 1. The molecule has 0 radical (unpaired) electrons. The Hall–Kier alpha value is -1.69. The SMILES string of the molecule is CC1CN(c2ncc3c(n2)CC(C)(C)CC3NC(=O)C2CCCCC2)CC(C)O1. The lowest BCUT2D eigenvalue weighted by molar-refractivity contribution is -0.127. The molecule has 1 aliphatic heterocycles. The summed E-state index contributed by atoms with van der Waals surface area (Å²) in [5.74, 6) is 1.19. The van der Waals surface area contributed by atoms with E-state index in [0.29, 0.717) is 0 Å². The van der Waals surface area contributed by atoms with E-state index in [-0.39, 0.29) is 35.5 Å². The molecule has 1 amide bonds. The van der Waals surface area contributed by atoms with Crippen LogP contribution in [-0.4, -0.2) is 41.2 Å². The Labute approximate surface area is 174 Å². The van der Waals surface area contributed by atoms with Crippen LogP contribution in [0.25, 0.3) is 0 Å². The number of hydrogen-bond donors (Lipinski definition) is 1. The summed E-state index contributed by atoms with van der Waals surface area (Å²) in [6, 6.07) is 0.0137. The number of morpholine rings is 1. The summed E-state index contributed by atoms with van der Waals surface area (Å²) in [4.78, 5) is 24.8. The molecular weight excluding hydrogens is 364 g/mol. The first kappa shape index (κ1) is 20.6. The molecule has 3 unspecified atom stereocenters. The number of nitrogens with zero attached hydrogens (tertiary/aromatic N) is 3. The van der Waals surface area contributed by atoms with Crippen LogP contribution >= 0.6 is 0 Å². The Morgan fingerprint density at radius 3 is 2.55 bits per heavy atom. The highest BCUT2D eigenvalue weighted by molar-refractivity contribution is 5.79. The third-order valence-corrected chi connectivity index (χ3v) is 6.66. The molecular formula is C23H36N4O2. The Balaban J connectivity index is 1.55. The number of amides is 1. The van der Waals surface area contributed by atoms with E-state index in [1.165, 1.54) is 19.3 Å². The maximum absolute atomic E-state index is 12.9. The standard InChI is InChI=1S/C23H36N4O2/c1-15-13-27(14-16(2)29-15)22-24-12-18-19(10-23(3,4)11-20(18)26-22)25-21(28)17-8-6-5-7-9-17/h12,15-17,19H,5-11,13-14H2,1-4H3,(H,25,28). The highest BCUT2D eigenvalue weighted by Gasteiger charge is 2.36. The van der Waals surface area contributed by atoms with Crippen LogP contribution in [0.5, 0.6) is 0 Å². The molecule has 6 nitrogen and oxygen atoms in total. The maximum atomic E-state index is 12.9. The van der Waals surface area contributed by atoms with Crippen molar-refractivity contribution in [3.05, 3.63) is 17.5 Å². The maximum Gasteiger partial charge on any atom is 0.225 e. The van der Waals surface area contributed by atoms with Gasteiger partial charge in [-0.1, -0.05) is 33.1 Å². The topological polar surface area (TPSA) is 67.4 Å². The van der Waals surface area contributed by atoms with Gasteiger partial charge in [0.15, 0.2) is 0 Å². The second-order valence-electron chi connectivity index (χ2n) is 10.2. The summed E-state index contributed by atoms with van der Waals surface area (Å²) in [5, 5.41) is 3.36. The van der Waals surface area contributed by atoms with Crippen LogP contribution < -0.4 is 10.2 Å². The number of ether oxygens (including phenoxy) is 1. The smallest absolute Gasteiger partial charge is 0.225 e. The molecule has 4 rings (SSSR count). The van der Waals surface area contributed by atoms with Gasteiger partial charge in [0.05, 0.1) is 23.9 Å². The van der Waals surface area contributed by atoms with Crippen molar-refractivity contribution in [3.63, 3.8) is 0 Å². The zero-order valence-electron chi connectivity index (χ0n) is 18.4. The number of hydrogen-bond acceptors (Lipinski definition) is 5. The molecule has 1 aromatic heterocycles. The quantitative estimate of drug-likeness (QED) is 0.836. The summed E-state index contributed by atoms with van der Waals surface area (Å²) in [5.41, 5.74) is 2.30. The van der Waals surface area contributed by atoms with E-state index in [1.807, 2.05) is 6.20 Å². The lowest BCUT2D eigenvalue weighted by atomic mass is 9.74. The van der Waals surface area contributed by atoms with Gasteiger partial charge < -0.3 is 15.0 Å². The van der Waals surface area contributed by atoms with Gasteiger partial charge >= 0.3 is 0 Å². The first-order chi connectivity index (χ1) is 13.8. The minimum Gasteiger partial charge on any atom is -0.372 e. The van der Waals surface area contributed by atoms with Crippen molar-refractivity contribution in [2.75, 3.05) is 18.0 Å². The largest absolute Gasteiger partial charge is 0.372 e. The fourth-order valence-electron chi connectivity index (χ4n) is 5.31. The van der Waals surface area contributed by atoms with Crippen molar-refractivity contribution in [2.24, 2.45) is 11.3 Å². The van der Waals surface area contributed by atoms with Crippen LogP contribution in [0, 0.1) is 11.3 Å². The minimum atomic E-state index is 0.0137. The molecule has 29 heavy (non-hydrogen) atoms. The summed E-state index contributed by atoms with van der Waals surface area (Å²) in [6.07, 6.45) is 9.84. The molecule has 1 aromatic rings. The van der Waals surface area contributed by atoms with Gasteiger partial charge in [0.25, 0.3) is 0 Å². The van der Waals surface area contributed by atoms with Crippen molar-refractivity contribution < 1.29 is 9.53 Å². The van der Waals surface area contributed by atoms with Crippen molar-refractivity contribution in [3.8, 4) is 0 Å². The summed E-state index contributed by atoms with van der Waals surface area (Å²) >= 11 is 0. The second-order valence-corrected chi connectivity index (χ2v) is 10.2. The third-order valence-electron chi connectivity index (χ3n) is 6.66. The zero-order chi connectivity index (χ0) is 20.6. The summed E-state index contributed by atoms with van der Waals surface area (Å²) in [7, 11) is 0. The molecule has 1 saturated heterocycles. The van der Waals surface area contributed by atoms with E-state index in [4.69, 9.17) is 14.7 Å². The van der Waals surface area contributed by atoms with Gasteiger partial charge in [-0.15, -0.1) is 0 Å². The predicted octanol–water partition coefficient (Wildman–Crippen LogP) is 3.80. The van der Waals surface area contributed by atoms with Crippen LogP contribution in [0.3, 0.4) is 0 Å². The molecule has 0 aromatic carbocycles. The van der Waals surface area contributed by atoms with E-state index in [2.05, 4.69) is 37.9 Å². The fourth-order valence-corrected chi connectivity index (χ4v) is 5.31. The molecule has 2 heterocycles. The molecule has 2 aliphatic carbocycles. The predicted molar refractivity (Wildman–Crippen MR) is 114 cm³/mol. The summed E-state index contributed by atoms with van der Waals surface area (Å²) in [6.45, 7) is 10.4. The number of rotatable bonds is 3. The zero-order valence-corrected chi connectivity index (χ0v) is 18.4. The highest BCUT2D eigenvalue weighted by Crippen LogP contribution is 2.40. The number of aromatic nitrogens is 2. The van der Waals surface area contributed by atoms with Crippen LogP contribution in [0.2, 0.25) is 0 Å². The molecule has 3 aliphatic rings. The normalized spacial score (nSPS) is 29.9. The molecule has 6 heteroatoms. The van der Waals surface area contributed by atoms with Crippen LogP contribution in [0.15, 0.2) is 6.20 Å². The fraction of sp³-hybridized carbons (Fsp3) is 0.783. The van der Waals surface area contributed by atoms with Crippen LogP contribution in [0.1, 0.15) is 83.5 Å². The van der Waals surface area contributed by atoms with Crippen LogP contribution in [-0.2, 0) is 16.0 Å². The molecule has 2 fully saturated rings. The second kappa shape index (κ2) is 8.21. The Bertz CT molecular complexity index is 734. The molecule has 160 valence electrons. The highest BCUT2D eigenvalue weighted by atomic mass is 16.5. The molecule has 3 atom stereocenters. The van der Waals surface area contributed by atoms with E-state index < -0.39 is 0 Å². The van der Waals surface area contributed by atoms with E-state index in [9.17, 15) is 4.79 Å². The number of fused-ring (bicyclic) bond motifs is 1. The Morgan fingerprint density at radius 1 is 1.17 bits per heavy atom. The average Bonchev–Trinajstić information content (AvgIpc) is 2.66. The van der Waals surface area contributed by atoms with Gasteiger partial charge in [0.2, 0.25) is 11.9 Å². The number of carbonyl (C=O) groups is 1. The summed E-state index contributed by atoms with van der Waals surface area (Å²) < 4.78 is 5.86. The van der Waals surface area contributed by atoms with Gasteiger partial charge in [0, 0.05) is 30.8 Å². The number of nitrogens with one attached hydrogen (secondary N) is 1. The van der Waals surface area contributed by atoms with Gasteiger partial charge in [0.1, 0.15) is 0 Å². The Kier molecular flexibility index (Phi) is 5.83. The number of carbonyl (C=O) groups excluding carboxylic acids is 1. The molecule has 1 N–H and O–H groups in total. The lowest BCUT2D eigenvalue weighted by Crippen LogP contribution is -2.46. The first-order valence-electron chi connectivity index (χ1n) is 11.4. The van der Waals surface area contributed by atoms with Gasteiger partial charge in [-0.2, -0.15) is 0 Å². The van der Waals surface area contributed by atoms with Crippen molar-refractivity contribution >= 4 is 11.9 Å². The molecule has 1 saturated carbocycles. The first-order valence-corrected chi connectivity index (χ1v) is 11.4. The van der Waals surface area contributed by atoms with E-state index in [0.717, 1.165) is 56.0 Å². The minimum absolute atomic E-state index is 0.0137. The van der Waals surface area contributed by atoms with Crippen LogP contribution in [0.4, 0.5) is 5.95 Å². The van der Waals surface area contributed by atoms with Crippen molar-refractivity contribution in [2.45, 2.75) is 90.9 Å². The third kappa shape index (κ3) is 4.73. The van der Waals surface area contributed by atoms with Crippen molar-refractivity contribution in [1.29, 1.82) is 0 Å². The molecule has 0 bridgehead atoms. The molecule has 0 spiro atoms. The monoisotopic (exact) mass is 400 g/mol. The van der Waals surface area contributed by atoms with Gasteiger partial charge in [-0.3, -0.25) is 4.79 Å².